The number of hydrogen-bond acceptors (Lipinski definition) is 7. The summed E-state index contributed by atoms with van der Waals surface area (Å²) in [6.45, 7) is 1.13. The van der Waals surface area contributed by atoms with Crippen molar-refractivity contribution >= 4 is 35.4 Å². The number of nitrogens with zero attached hydrogens (tertiary/aromatic N) is 2. The van der Waals surface area contributed by atoms with E-state index in [1.807, 2.05) is 0 Å². The number of alkyl carbamates (subject to hydrolysis) is 1. The third kappa shape index (κ3) is 8.35. The van der Waals surface area contributed by atoms with Crippen molar-refractivity contribution in [3.05, 3.63) is 94.0 Å². The molecule has 0 bridgehead atoms. The second-order valence-corrected chi connectivity index (χ2v) is 12.2. The van der Waals surface area contributed by atoms with E-state index in [0.29, 0.717) is 42.7 Å². The molecule has 1 unspecified atom stereocenters. The number of hydrogen-bond donors (Lipinski definition) is 3. The van der Waals surface area contributed by atoms with Gasteiger partial charge >= 0.3 is 12.2 Å². The third-order valence-electron chi connectivity index (χ3n) is 8.52. The fraction of sp³-hybridized carbons (Fsp3) is 0.394. The summed E-state index contributed by atoms with van der Waals surface area (Å²) in [5, 5.41) is 15.2. The molecule has 0 saturated carbocycles. The van der Waals surface area contributed by atoms with E-state index in [1.54, 1.807) is 12.1 Å². The number of halogens is 4. The summed E-state index contributed by atoms with van der Waals surface area (Å²) in [6, 6.07) is 7.33. The van der Waals surface area contributed by atoms with Gasteiger partial charge in [0.1, 0.15) is 23.5 Å². The molecule has 1 spiro atoms. The highest BCUT2D eigenvalue weighted by Crippen LogP contribution is 2.35. The van der Waals surface area contributed by atoms with Crippen molar-refractivity contribution in [2.45, 2.75) is 49.3 Å². The number of amides is 3. The van der Waals surface area contributed by atoms with E-state index in [2.05, 4.69) is 15.6 Å². The molecule has 3 N–H and O–H groups in total. The predicted molar refractivity (Wildman–Crippen MR) is 167 cm³/mol. The lowest BCUT2D eigenvalue weighted by molar-refractivity contribution is -0.184. The molecule has 48 heavy (non-hydrogen) atoms. The van der Waals surface area contributed by atoms with Gasteiger partial charge in [0.25, 0.3) is 0 Å². The topological polar surface area (TPSA) is 139 Å². The van der Waals surface area contributed by atoms with Gasteiger partial charge in [-0.25, -0.2) is 22.8 Å². The lowest BCUT2D eigenvalue weighted by Crippen LogP contribution is -2.58. The van der Waals surface area contributed by atoms with E-state index in [1.165, 1.54) is 23.2 Å². The molecule has 0 radical (unpaired) electrons. The molecular weight excluding hydrogens is 657 g/mol. The zero-order valence-electron chi connectivity index (χ0n) is 25.9. The van der Waals surface area contributed by atoms with Gasteiger partial charge in [-0.15, -0.1) is 0 Å². The standard InChI is InChI=1S/C33H34ClF3N4O7/c1-46-31(43)40-29(28(19-2-4-21(34)5-3-19)20-12-22(35)14-23(36)13-20)30(42)39-27-16-38-15-26(37)25(27)7-6-24-17-41(32(44)45)18-33(48-24)8-10-47-11-9-33/h2-5,12-16,24,28-29H,6-11,17-18H2,1H3,(H,39,42)(H,40,43)(H,44,45)/t24?,28-,29-/m0/s1. The fourth-order valence-corrected chi connectivity index (χ4v) is 6.36. The average Bonchev–Trinajstić information content (AvgIpc) is 3.04. The monoisotopic (exact) mass is 690 g/mol. The first-order valence-electron chi connectivity index (χ1n) is 15.2. The van der Waals surface area contributed by atoms with Gasteiger partial charge in [-0.1, -0.05) is 23.7 Å². The number of carboxylic acid groups (broad SMARTS) is 1. The van der Waals surface area contributed by atoms with Gasteiger partial charge < -0.3 is 34.9 Å². The SMILES string of the molecule is COC(=O)N[C@H](C(=O)Nc1cncc(F)c1CCC1CN(C(=O)O)CC2(CCOCC2)O1)[C@@H](c1ccc(Cl)cc1)c1cc(F)cc(F)c1. The van der Waals surface area contributed by atoms with E-state index in [0.717, 1.165) is 25.4 Å². The van der Waals surface area contributed by atoms with Crippen LogP contribution in [0.3, 0.4) is 0 Å². The number of nitrogens with one attached hydrogen (secondary N) is 2. The Bertz CT molecular complexity index is 1620. The van der Waals surface area contributed by atoms with Crippen LogP contribution < -0.4 is 10.6 Å². The van der Waals surface area contributed by atoms with Crippen LogP contribution in [0.15, 0.2) is 54.9 Å². The number of methoxy groups -OCH3 is 1. The molecule has 2 aromatic carbocycles. The third-order valence-corrected chi connectivity index (χ3v) is 8.77. The summed E-state index contributed by atoms with van der Waals surface area (Å²) < 4.78 is 60.8. The molecular formula is C33H34ClF3N4O7. The molecule has 2 aliphatic heterocycles. The van der Waals surface area contributed by atoms with Crippen molar-refractivity contribution in [2.75, 3.05) is 38.7 Å². The molecule has 11 nitrogen and oxygen atoms in total. The Kier molecular flexibility index (Phi) is 11.1. The number of pyridine rings is 1. The van der Waals surface area contributed by atoms with E-state index in [-0.39, 0.29) is 42.7 Å². The molecule has 3 amide bonds. The summed E-state index contributed by atoms with van der Waals surface area (Å²) >= 11 is 6.08. The smallest absolute Gasteiger partial charge is 0.407 e. The summed E-state index contributed by atoms with van der Waals surface area (Å²) in [5.74, 6) is -4.59. The van der Waals surface area contributed by atoms with E-state index < -0.39 is 59.2 Å². The van der Waals surface area contributed by atoms with Gasteiger partial charge in [-0.05, 0) is 48.2 Å². The van der Waals surface area contributed by atoms with E-state index in [9.17, 15) is 28.3 Å². The Morgan fingerprint density at radius 3 is 2.42 bits per heavy atom. The summed E-state index contributed by atoms with van der Waals surface area (Å²) in [5.41, 5.74) is -0.287. The van der Waals surface area contributed by atoms with Gasteiger partial charge in [-0.3, -0.25) is 9.78 Å². The maximum Gasteiger partial charge on any atom is 0.407 e. The van der Waals surface area contributed by atoms with Gasteiger partial charge in [-0.2, -0.15) is 0 Å². The quantitative estimate of drug-likeness (QED) is 0.267. The van der Waals surface area contributed by atoms with Gasteiger partial charge in [0, 0.05) is 48.6 Å². The molecule has 2 fully saturated rings. The number of benzene rings is 2. The second kappa shape index (κ2) is 15.2. The summed E-state index contributed by atoms with van der Waals surface area (Å²) in [7, 11) is 1.08. The zero-order chi connectivity index (χ0) is 34.4. The molecule has 0 aliphatic carbocycles. The van der Waals surface area contributed by atoms with Crippen LogP contribution in [-0.2, 0) is 25.4 Å². The maximum absolute atomic E-state index is 15.3. The van der Waals surface area contributed by atoms with Crippen LogP contribution in [0.2, 0.25) is 5.02 Å². The van der Waals surface area contributed by atoms with E-state index >= 15 is 4.39 Å². The lowest BCUT2D eigenvalue weighted by Gasteiger charge is -2.47. The number of rotatable bonds is 9. The minimum absolute atomic E-state index is 0.0171. The van der Waals surface area contributed by atoms with Crippen LogP contribution in [0.25, 0.3) is 0 Å². The molecule has 256 valence electrons. The first-order valence-corrected chi connectivity index (χ1v) is 15.6. The molecule has 3 aromatic rings. The number of carbonyl (C=O) groups excluding carboxylic acids is 2. The Morgan fingerprint density at radius 1 is 1.08 bits per heavy atom. The highest BCUT2D eigenvalue weighted by molar-refractivity contribution is 6.30. The van der Waals surface area contributed by atoms with Gasteiger partial charge in [0.15, 0.2) is 0 Å². The molecule has 5 rings (SSSR count). The van der Waals surface area contributed by atoms with Crippen LogP contribution in [0.1, 0.15) is 41.9 Å². The summed E-state index contributed by atoms with van der Waals surface area (Å²) in [4.78, 5) is 43.7. The Balaban J connectivity index is 1.44. The Morgan fingerprint density at radius 2 is 1.77 bits per heavy atom. The van der Waals surface area contributed by atoms with Crippen molar-refractivity contribution in [3.8, 4) is 0 Å². The number of ether oxygens (including phenoxy) is 3. The highest BCUT2D eigenvalue weighted by atomic mass is 35.5. The van der Waals surface area contributed by atoms with Crippen LogP contribution in [0.5, 0.6) is 0 Å². The van der Waals surface area contributed by atoms with Crippen molar-refractivity contribution in [1.29, 1.82) is 0 Å². The van der Waals surface area contributed by atoms with Gasteiger partial charge in [0.2, 0.25) is 5.91 Å². The summed E-state index contributed by atoms with van der Waals surface area (Å²) in [6.07, 6.45) is 0.790. The second-order valence-electron chi connectivity index (χ2n) is 11.7. The maximum atomic E-state index is 15.3. The van der Waals surface area contributed by atoms with Crippen LogP contribution >= 0.6 is 11.6 Å². The fourth-order valence-electron chi connectivity index (χ4n) is 6.23. The van der Waals surface area contributed by atoms with Crippen molar-refractivity contribution < 1.29 is 46.9 Å². The Labute approximate surface area is 279 Å². The normalized spacial score (nSPS) is 18.5. The molecule has 1 aromatic heterocycles. The largest absolute Gasteiger partial charge is 0.465 e. The zero-order valence-corrected chi connectivity index (χ0v) is 26.6. The predicted octanol–water partition coefficient (Wildman–Crippen LogP) is 5.51. The number of carbonyl (C=O) groups is 3. The van der Waals surface area contributed by atoms with Crippen molar-refractivity contribution in [1.82, 2.24) is 15.2 Å². The van der Waals surface area contributed by atoms with Crippen LogP contribution in [-0.4, -0.2) is 84.2 Å². The molecule has 3 atom stereocenters. The molecule has 2 saturated heterocycles. The average molecular weight is 691 g/mol. The van der Waals surface area contributed by atoms with Crippen molar-refractivity contribution in [3.63, 3.8) is 0 Å². The first-order chi connectivity index (χ1) is 23.0. The van der Waals surface area contributed by atoms with Crippen LogP contribution in [0.4, 0.5) is 28.4 Å². The molecule has 2 aliphatic rings. The Hall–Kier alpha value is -4.40. The number of aromatic nitrogens is 1. The van der Waals surface area contributed by atoms with Crippen LogP contribution in [0, 0.1) is 17.5 Å². The van der Waals surface area contributed by atoms with Crippen molar-refractivity contribution in [2.24, 2.45) is 0 Å². The number of morpholine rings is 1. The van der Waals surface area contributed by atoms with Gasteiger partial charge in [0.05, 0.1) is 50.0 Å². The minimum Gasteiger partial charge on any atom is -0.465 e. The first kappa shape index (κ1) is 34.9. The highest BCUT2D eigenvalue weighted by Gasteiger charge is 2.43. The lowest BCUT2D eigenvalue weighted by atomic mass is 9.84. The van der Waals surface area contributed by atoms with E-state index in [4.69, 9.17) is 25.8 Å². The molecule has 3 heterocycles. The minimum atomic E-state index is -1.53. The number of anilines is 1. The molecule has 15 heteroatoms.